The molecular weight excluding hydrogens is 387 g/mol. The number of halogens is 3. The number of hydrogen-bond acceptors (Lipinski definition) is 5. The number of carboxylic acids is 1. The van der Waals surface area contributed by atoms with Crippen LogP contribution in [0.15, 0.2) is 22.9 Å². The summed E-state index contributed by atoms with van der Waals surface area (Å²) in [6.07, 6.45) is 2.36. The van der Waals surface area contributed by atoms with Crippen LogP contribution in [0.5, 0.6) is 0 Å². The number of nitrogens with zero attached hydrogens (tertiary/aromatic N) is 3. The summed E-state index contributed by atoms with van der Waals surface area (Å²) >= 11 is 0. The van der Waals surface area contributed by atoms with Crippen molar-refractivity contribution in [3.8, 4) is 0 Å². The maximum absolute atomic E-state index is 10.6. The number of aromatic nitrogens is 2. The van der Waals surface area contributed by atoms with Crippen LogP contribution in [0.2, 0.25) is 0 Å². The zero-order chi connectivity index (χ0) is 21.0. The van der Waals surface area contributed by atoms with Crippen molar-refractivity contribution < 1.29 is 27.5 Å². The minimum atomic E-state index is -5.08. The molecule has 0 aromatic carbocycles. The molecule has 0 atom stereocenters. The lowest BCUT2D eigenvalue weighted by molar-refractivity contribution is -0.192. The number of aryl methyl sites for hydroxylation is 1. The van der Waals surface area contributed by atoms with Crippen LogP contribution in [0.1, 0.15) is 54.2 Å². The van der Waals surface area contributed by atoms with E-state index in [1.165, 1.54) is 29.8 Å². The van der Waals surface area contributed by atoms with Crippen LogP contribution in [0, 0.1) is 0 Å². The number of carboxylic acid groups (broad SMARTS) is 1. The molecule has 0 radical (unpaired) electrons. The normalized spacial score (nSPS) is 17.1. The SMILES string of the molecule is CCc1ccc(CN2CCc3ncnc(C4CC4)c3CC2)o1.O=C(O)C(F)(F)F. The molecule has 2 aromatic heterocycles. The second-order valence-corrected chi connectivity index (χ2v) is 7.26. The van der Waals surface area contributed by atoms with Gasteiger partial charge in [0, 0.05) is 37.5 Å². The highest BCUT2D eigenvalue weighted by atomic mass is 19.4. The predicted molar refractivity (Wildman–Crippen MR) is 98.5 cm³/mol. The average molecular weight is 411 g/mol. The van der Waals surface area contributed by atoms with Crippen LogP contribution in [0.25, 0.3) is 0 Å². The Kier molecular flexibility index (Phi) is 6.56. The topological polar surface area (TPSA) is 79.5 Å². The van der Waals surface area contributed by atoms with Crippen LogP contribution >= 0.6 is 0 Å². The molecule has 0 spiro atoms. The maximum atomic E-state index is 10.6. The molecule has 4 rings (SSSR count). The molecule has 1 N–H and O–H groups in total. The first kappa shape index (κ1) is 21.3. The molecule has 2 aromatic rings. The lowest BCUT2D eigenvalue weighted by Crippen LogP contribution is -2.25. The summed E-state index contributed by atoms with van der Waals surface area (Å²) in [6.45, 7) is 5.15. The molecule has 29 heavy (non-hydrogen) atoms. The van der Waals surface area contributed by atoms with Gasteiger partial charge in [-0.25, -0.2) is 14.8 Å². The van der Waals surface area contributed by atoms with Crippen LogP contribution in [-0.2, 0) is 30.6 Å². The van der Waals surface area contributed by atoms with Gasteiger partial charge in [-0.15, -0.1) is 0 Å². The highest BCUT2D eigenvalue weighted by Gasteiger charge is 2.38. The third-order valence-electron chi connectivity index (χ3n) is 5.06. The van der Waals surface area contributed by atoms with Gasteiger partial charge in [-0.2, -0.15) is 13.2 Å². The van der Waals surface area contributed by atoms with Crippen LogP contribution in [0.3, 0.4) is 0 Å². The molecule has 3 heterocycles. The first-order chi connectivity index (χ1) is 13.8. The van der Waals surface area contributed by atoms with E-state index in [4.69, 9.17) is 14.3 Å². The van der Waals surface area contributed by atoms with E-state index in [0.29, 0.717) is 5.92 Å². The van der Waals surface area contributed by atoms with Gasteiger partial charge in [0.1, 0.15) is 17.8 Å². The van der Waals surface area contributed by atoms with Crippen molar-refractivity contribution >= 4 is 5.97 Å². The van der Waals surface area contributed by atoms with E-state index in [9.17, 15) is 13.2 Å². The minimum absolute atomic E-state index is 0.709. The number of carbonyl (C=O) groups is 1. The highest BCUT2D eigenvalue weighted by Crippen LogP contribution is 2.41. The number of furan rings is 1. The first-order valence-electron chi connectivity index (χ1n) is 9.70. The van der Waals surface area contributed by atoms with E-state index in [2.05, 4.69) is 33.9 Å². The Morgan fingerprint density at radius 3 is 2.45 bits per heavy atom. The van der Waals surface area contributed by atoms with E-state index in [0.717, 1.165) is 50.4 Å². The monoisotopic (exact) mass is 411 g/mol. The summed E-state index contributed by atoms with van der Waals surface area (Å²) in [4.78, 5) is 20.5. The van der Waals surface area contributed by atoms with Crippen molar-refractivity contribution in [2.24, 2.45) is 0 Å². The number of rotatable bonds is 4. The quantitative estimate of drug-likeness (QED) is 0.826. The van der Waals surface area contributed by atoms with E-state index < -0.39 is 12.1 Å². The van der Waals surface area contributed by atoms with Crippen molar-refractivity contribution in [2.75, 3.05) is 13.1 Å². The lowest BCUT2D eigenvalue weighted by Gasteiger charge is -2.17. The molecular formula is C20H24F3N3O3. The molecule has 9 heteroatoms. The standard InChI is InChI=1S/C18H23N3O.C2HF3O2/c1-2-14-5-6-15(22-14)11-21-9-7-16-17(8-10-21)19-12-20-18(16)13-3-4-13;3-2(4,5)1(6)7/h5-6,12-13H,2-4,7-11H2,1H3;(H,6,7). The van der Waals surface area contributed by atoms with Crippen molar-refractivity contribution in [3.63, 3.8) is 0 Å². The van der Waals surface area contributed by atoms with E-state index in [-0.39, 0.29) is 0 Å². The summed E-state index contributed by atoms with van der Waals surface area (Å²) in [6, 6.07) is 4.21. The Bertz CT molecular complexity index is 847. The largest absolute Gasteiger partial charge is 0.490 e. The molecule has 1 aliphatic carbocycles. The van der Waals surface area contributed by atoms with Gasteiger partial charge >= 0.3 is 12.1 Å². The van der Waals surface area contributed by atoms with Crippen LogP contribution in [0.4, 0.5) is 13.2 Å². The van der Waals surface area contributed by atoms with Gasteiger partial charge in [-0.1, -0.05) is 6.92 Å². The Hall–Kier alpha value is -2.42. The summed E-state index contributed by atoms with van der Waals surface area (Å²) < 4.78 is 37.6. The second-order valence-electron chi connectivity index (χ2n) is 7.26. The number of aliphatic carboxylic acids is 1. The minimum Gasteiger partial charge on any atom is -0.475 e. The first-order valence-corrected chi connectivity index (χ1v) is 9.70. The Morgan fingerprint density at radius 1 is 1.21 bits per heavy atom. The zero-order valence-electron chi connectivity index (χ0n) is 16.2. The maximum Gasteiger partial charge on any atom is 0.490 e. The summed E-state index contributed by atoms with van der Waals surface area (Å²) in [7, 11) is 0. The predicted octanol–water partition coefficient (Wildman–Crippen LogP) is 3.74. The Morgan fingerprint density at radius 2 is 1.86 bits per heavy atom. The third-order valence-corrected chi connectivity index (χ3v) is 5.06. The molecule has 0 bridgehead atoms. The third kappa shape index (κ3) is 5.79. The van der Waals surface area contributed by atoms with Gasteiger partial charge < -0.3 is 9.52 Å². The van der Waals surface area contributed by atoms with E-state index in [1.807, 2.05) is 0 Å². The van der Waals surface area contributed by atoms with E-state index >= 15 is 0 Å². The molecule has 0 amide bonds. The van der Waals surface area contributed by atoms with Gasteiger partial charge in [0.2, 0.25) is 0 Å². The summed E-state index contributed by atoms with van der Waals surface area (Å²) in [5, 5.41) is 7.12. The second kappa shape index (κ2) is 8.94. The van der Waals surface area contributed by atoms with Crippen molar-refractivity contribution in [1.29, 1.82) is 0 Å². The van der Waals surface area contributed by atoms with Crippen molar-refractivity contribution in [3.05, 3.63) is 46.9 Å². The summed E-state index contributed by atoms with van der Waals surface area (Å²) in [5.74, 6) is 0.110. The number of alkyl halides is 3. The molecule has 2 aliphatic rings. The van der Waals surface area contributed by atoms with Crippen molar-refractivity contribution in [2.45, 2.75) is 57.7 Å². The van der Waals surface area contributed by atoms with E-state index in [1.54, 1.807) is 6.33 Å². The Labute approximate surface area is 166 Å². The van der Waals surface area contributed by atoms with Gasteiger partial charge in [0.05, 0.1) is 12.2 Å². The number of hydrogen-bond donors (Lipinski definition) is 1. The molecule has 1 fully saturated rings. The Balaban J connectivity index is 0.000000298. The summed E-state index contributed by atoms with van der Waals surface area (Å²) in [5.41, 5.74) is 4.03. The molecule has 0 saturated heterocycles. The highest BCUT2D eigenvalue weighted by molar-refractivity contribution is 5.73. The van der Waals surface area contributed by atoms with Gasteiger partial charge in [-0.05, 0) is 37.0 Å². The smallest absolute Gasteiger partial charge is 0.475 e. The molecule has 1 saturated carbocycles. The average Bonchev–Trinajstić information content (AvgIpc) is 3.45. The molecule has 6 nitrogen and oxygen atoms in total. The van der Waals surface area contributed by atoms with Gasteiger partial charge in [0.25, 0.3) is 0 Å². The molecule has 1 aliphatic heterocycles. The fraction of sp³-hybridized carbons (Fsp3) is 0.550. The lowest BCUT2D eigenvalue weighted by atomic mass is 10.0. The fourth-order valence-corrected chi connectivity index (χ4v) is 3.38. The van der Waals surface area contributed by atoms with Crippen molar-refractivity contribution in [1.82, 2.24) is 14.9 Å². The molecule has 158 valence electrons. The van der Waals surface area contributed by atoms with Crippen LogP contribution in [-0.4, -0.2) is 45.2 Å². The molecule has 0 unspecified atom stereocenters. The van der Waals surface area contributed by atoms with Crippen LogP contribution < -0.4 is 0 Å². The zero-order valence-corrected chi connectivity index (χ0v) is 16.2. The fourth-order valence-electron chi connectivity index (χ4n) is 3.38. The van der Waals surface area contributed by atoms with Gasteiger partial charge in [-0.3, -0.25) is 4.90 Å². The number of fused-ring (bicyclic) bond motifs is 1. The van der Waals surface area contributed by atoms with Gasteiger partial charge in [0.15, 0.2) is 0 Å².